The summed E-state index contributed by atoms with van der Waals surface area (Å²) in [4.78, 5) is 2.32. The van der Waals surface area contributed by atoms with Gasteiger partial charge >= 0.3 is 6.18 Å². The molecule has 0 amide bonds. The molecule has 0 spiro atoms. The highest BCUT2D eigenvalue weighted by Gasteiger charge is 2.44. The van der Waals surface area contributed by atoms with E-state index in [2.05, 4.69) is 48.3 Å². The van der Waals surface area contributed by atoms with Crippen molar-refractivity contribution in [3.05, 3.63) is 71.3 Å². The van der Waals surface area contributed by atoms with Gasteiger partial charge in [-0.3, -0.25) is 0 Å². The summed E-state index contributed by atoms with van der Waals surface area (Å²) in [5.74, 6) is -1.06. The van der Waals surface area contributed by atoms with Gasteiger partial charge in [0, 0.05) is 6.54 Å². The molecule has 2 unspecified atom stereocenters. The minimum absolute atomic E-state index is 0.0580. The van der Waals surface area contributed by atoms with Gasteiger partial charge in [0.05, 0.1) is 5.92 Å². The highest BCUT2D eigenvalue weighted by molar-refractivity contribution is 5.26. The Kier molecular flexibility index (Phi) is 6.59. The first-order chi connectivity index (χ1) is 12.9. The lowest BCUT2D eigenvalue weighted by atomic mass is 9.94. The van der Waals surface area contributed by atoms with Gasteiger partial charge in [0.1, 0.15) is 0 Å². The first kappa shape index (κ1) is 19.9. The van der Waals surface area contributed by atoms with Crippen LogP contribution >= 0.6 is 0 Å². The zero-order chi connectivity index (χ0) is 19.3. The fraction of sp³-hybridized carbons (Fsp3) is 0.478. The summed E-state index contributed by atoms with van der Waals surface area (Å²) >= 11 is 0. The van der Waals surface area contributed by atoms with Gasteiger partial charge in [0.25, 0.3) is 0 Å². The molecular weight excluding hydrogens is 347 g/mol. The Balaban J connectivity index is 1.43. The Morgan fingerprint density at radius 1 is 0.926 bits per heavy atom. The predicted molar refractivity (Wildman–Crippen MR) is 104 cm³/mol. The Hall–Kier alpha value is -1.81. The molecule has 2 aromatic rings. The maximum Gasteiger partial charge on any atom is 0.391 e. The standard InChI is InChI=1S/C23H28F3N/c1-27(17-19-6-3-2-4-7-19)15-5-8-18-9-11-20(12-10-18)21-13-14-22(16-21)23(24,25)26/h2-4,6-7,9-12,21-22H,5,8,13-17H2,1H3. The number of benzene rings is 2. The van der Waals surface area contributed by atoms with Crippen molar-refractivity contribution in [2.75, 3.05) is 13.6 Å². The SMILES string of the molecule is CN(CCCc1ccc(C2CCC(C(F)(F)F)C2)cc1)Cc1ccccc1. The first-order valence-electron chi connectivity index (χ1n) is 9.80. The summed E-state index contributed by atoms with van der Waals surface area (Å²) in [5, 5.41) is 0. The van der Waals surface area contributed by atoms with Crippen LogP contribution in [0.3, 0.4) is 0 Å². The van der Waals surface area contributed by atoms with Crippen LogP contribution in [0.5, 0.6) is 0 Å². The second-order valence-corrected chi connectivity index (χ2v) is 7.82. The van der Waals surface area contributed by atoms with Crippen LogP contribution in [-0.2, 0) is 13.0 Å². The number of hydrogen-bond donors (Lipinski definition) is 0. The van der Waals surface area contributed by atoms with Crippen LogP contribution in [-0.4, -0.2) is 24.7 Å². The van der Waals surface area contributed by atoms with Gasteiger partial charge < -0.3 is 4.90 Å². The van der Waals surface area contributed by atoms with E-state index >= 15 is 0 Å². The molecule has 1 aliphatic rings. The van der Waals surface area contributed by atoms with E-state index < -0.39 is 12.1 Å². The summed E-state index contributed by atoms with van der Waals surface area (Å²) in [7, 11) is 2.13. The van der Waals surface area contributed by atoms with E-state index in [0.717, 1.165) is 31.5 Å². The van der Waals surface area contributed by atoms with Gasteiger partial charge in [-0.25, -0.2) is 0 Å². The molecule has 0 N–H and O–H groups in total. The van der Waals surface area contributed by atoms with Crippen molar-refractivity contribution in [1.82, 2.24) is 4.90 Å². The average molecular weight is 375 g/mol. The molecule has 146 valence electrons. The van der Waals surface area contributed by atoms with E-state index in [4.69, 9.17) is 0 Å². The Morgan fingerprint density at radius 2 is 1.63 bits per heavy atom. The minimum Gasteiger partial charge on any atom is -0.302 e. The topological polar surface area (TPSA) is 3.24 Å². The maximum atomic E-state index is 12.9. The molecule has 0 bridgehead atoms. The van der Waals surface area contributed by atoms with Crippen molar-refractivity contribution in [2.45, 2.75) is 50.7 Å². The van der Waals surface area contributed by atoms with E-state index in [1.165, 1.54) is 11.1 Å². The molecule has 0 radical (unpaired) electrons. The van der Waals surface area contributed by atoms with Crippen molar-refractivity contribution in [3.8, 4) is 0 Å². The average Bonchev–Trinajstić information content (AvgIpc) is 3.14. The smallest absolute Gasteiger partial charge is 0.302 e. The minimum atomic E-state index is -4.04. The lowest BCUT2D eigenvalue weighted by Crippen LogP contribution is -2.19. The Labute approximate surface area is 160 Å². The molecule has 2 aromatic carbocycles. The van der Waals surface area contributed by atoms with Crippen molar-refractivity contribution < 1.29 is 13.2 Å². The molecule has 0 saturated heterocycles. The molecule has 4 heteroatoms. The second kappa shape index (κ2) is 8.92. The molecule has 2 atom stereocenters. The number of rotatable bonds is 7. The number of aryl methyl sites for hydroxylation is 1. The van der Waals surface area contributed by atoms with Crippen molar-refractivity contribution in [1.29, 1.82) is 0 Å². The third-order valence-corrected chi connectivity index (χ3v) is 5.65. The van der Waals surface area contributed by atoms with E-state index in [1.807, 2.05) is 18.2 Å². The highest BCUT2D eigenvalue weighted by Crippen LogP contribution is 2.45. The van der Waals surface area contributed by atoms with Crippen LogP contribution in [0.25, 0.3) is 0 Å². The van der Waals surface area contributed by atoms with Gasteiger partial charge in [-0.05, 0) is 68.3 Å². The van der Waals surface area contributed by atoms with Crippen molar-refractivity contribution >= 4 is 0 Å². The molecule has 0 aliphatic heterocycles. The van der Waals surface area contributed by atoms with E-state index in [9.17, 15) is 13.2 Å². The molecular formula is C23H28F3N. The molecule has 1 nitrogen and oxygen atoms in total. The van der Waals surface area contributed by atoms with E-state index in [-0.39, 0.29) is 18.8 Å². The van der Waals surface area contributed by atoms with E-state index in [1.54, 1.807) is 0 Å². The van der Waals surface area contributed by atoms with Crippen molar-refractivity contribution in [3.63, 3.8) is 0 Å². The fourth-order valence-corrected chi connectivity index (χ4v) is 4.07. The zero-order valence-electron chi connectivity index (χ0n) is 15.9. The van der Waals surface area contributed by atoms with Gasteiger partial charge in [0.15, 0.2) is 0 Å². The van der Waals surface area contributed by atoms with Crippen LogP contribution in [0.4, 0.5) is 13.2 Å². The maximum absolute atomic E-state index is 12.9. The van der Waals surface area contributed by atoms with Gasteiger partial charge in [-0.15, -0.1) is 0 Å². The summed E-state index contributed by atoms with van der Waals surface area (Å²) in [5.41, 5.74) is 3.64. The normalized spacial score (nSPS) is 20.3. The van der Waals surface area contributed by atoms with Gasteiger partial charge in [-0.2, -0.15) is 13.2 Å². The molecule has 0 heterocycles. The van der Waals surface area contributed by atoms with Crippen LogP contribution < -0.4 is 0 Å². The van der Waals surface area contributed by atoms with Crippen LogP contribution in [0.15, 0.2) is 54.6 Å². The third-order valence-electron chi connectivity index (χ3n) is 5.65. The Bertz CT molecular complexity index is 694. The number of halogens is 3. The van der Waals surface area contributed by atoms with Crippen molar-refractivity contribution in [2.24, 2.45) is 5.92 Å². The monoisotopic (exact) mass is 375 g/mol. The summed E-state index contributed by atoms with van der Waals surface area (Å²) in [6.45, 7) is 1.97. The fourth-order valence-electron chi connectivity index (χ4n) is 4.07. The van der Waals surface area contributed by atoms with Crippen LogP contribution in [0.1, 0.15) is 48.3 Å². The molecule has 27 heavy (non-hydrogen) atoms. The zero-order valence-corrected chi connectivity index (χ0v) is 15.9. The summed E-state index contributed by atoms with van der Waals surface area (Å²) < 4.78 is 38.6. The molecule has 1 aliphatic carbocycles. The van der Waals surface area contributed by atoms with Crippen LogP contribution in [0.2, 0.25) is 0 Å². The largest absolute Gasteiger partial charge is 0.391 e. The van der Waals surface area contributed by atoms with Crippen LogP contribution in [0, 0.1) is 5.92 Å². The number of alkyl halides is 3. The molecule has 1 saturated carbocycles. The molecule has 0 aromatic heterocycles. The Morgan fingerprint density at radius 3 is 2.26 bits per heavy atom. The quantitative estimate of drug-likeness (QED) is 0.557. The first-order valence-corrected chi connectivity index (χ1v) is 9.80. The molecule has 1 fully saturated rings. The second-order valence-electron chi connectivity index (χ2n) is 7.82. The summed E-state index contributed by atoms with van der Waals surface area (Å²) in [6.07, 6.45) is -0.817. The predicted octanol–water partition coefficient (Wildman–Crippen LogP) is 6.20. The van der Waals surface area contributed by atoms with Gasteiger partial charge in [0.2, 0.25) is 0 Å². The van der Waals surface area contributed by atoms with E-state index in [0.29, 0.717) is 6.42 Å². The lowest BCUT2D eigenvalue weighted by molar-refractivity contribution is -0.172. The molecule has 3 rings (SSSR count). The van der Waals surface area contributed by atoms with Gasteiger partial charge in [-0.1, -0.05) is 54.6 Å². The summed E-state index contributed by atoms with van der Waals surface area (Å²) in [6, 6.07) is 18.7. The third kappa shape index (κ3) is 5.83. The number of hydrogen-bond acceptors (Lipinski definition) is 1. The lowest BCUT2D eigenvalue weighted by Gasteiger charge is -2.17. The highest BCUT2D eigenvalue weighted by atomic mass is 19.4. The number of nitrogens with zero attached hydrogens (tertiary/aromatic N) is 1.